The quantitative estimate of drug-likeness (QED) is 0.387. The summed E-state index contributed by atoms with van der Waals surface area (Å²) in [6, 6.07) is 25.6. The van der Waals surface area contributed by atoms with Gasteiger partial charge in [0.05, 0.1) is 60.3 Å². The Hall–Kier alpha value is -5.49. The Labute approximate surface area is 224 Å². The zero-order chi connectivity index (χ0) is 27.5. The first-order valence-corrected chi connectivity index (χ1v) is 12.0. The second-order valence-electron chi connectivity index (χ2n) is 8.63. The van der Waals surface area contributed by atoms with Crippen molar-refractivity contribution in [3.05, 3.63) is 113 Å². The number of nitrogens with two attached hydrogens (primary N) is 1. The van der Waals surface area contributed by atoms with E-state index >= 15 is 0 Å². The number of ether oxygens (including phenoxy) is 2. The van der Waals surface area contributed by atoms with E-state index in [0.29, 0.717) is 22.5 Å². The van der Waals surface area contributed by atoms with E-state index in [-0.39, 0.29) is 22.7 Å². The number of hydrogen-bond acceptors (Lipinski definition) is 9. The molecule has 0 bridgehead atoms. The van der Waals surface area contributed by atoms with Crippen molar-refractivity contribution in [2.45, 2.75) is 5.92 Å². The van der Waals surface area contributed by atoms with Crippen LogP contribution in [0.15, 0.2) is 108 Å². The second kappa shape index (κ2) is 10.5. The van der Waals surface area contributed by atoms with Crippen LogP contribution in [0.3, 0.4) is 0 Å². The summed E-state index contributed by atoms with van der Waals surface area (Å²) in [6.07, 6.45) is 1.65. The predicted molar refractivity (Wildman–Crippen MR) is 145 cm³/mol. The molecule has 9 nitrogen and oxygen atoms in total. The van der Waals surface area contributed by atoms with Gasteiger partial charge in [0, 0.05) is 11.3 Å². The molecule has 1 aliphatic rings. The van der Waals surface area contributed by atoms with Crippen LogP contribution in [0.4, 0.5) is 5.69 Å². The maximum Gasteiger partial charge on any atom is 0.355 e. The van der Waals surface area contributed by atoms with Crippen LogP contribution in [-0.4, -0.2) is 36.1 Å². The van der Waals surface area contributed by atoms with Gasteiger partial charge in [-0.3, -0.25) is 9.88 Å². The summed E-state index contributed by atoms with van der Waals surface area (Å²) >= 11 is 0. The number of nitriles is 1. The van der Waals surface area contributed by atoms with Gasteiger partial charge in [-0.25, -0.2) is 14.6 Å². The van der Waals surface area contributed by atoms with Crippen molar-refractivity contribution >= 4 is 28.7 Å². The van der Waals surface area contributed by atoms with Crippen molar-refractivity contribution in [1.82, 2.24) is 9.97 Å². The van der Waals surface area contributed by atoms with Crippen LogP contribution >= 0.6 is 0 Å². The average molecular weight is 518 g/mol. The number of hydrogen-bond donors (Lipinski definition) is 1. The van der Waals surface area contributed by atoms with Gasteiger partial charge in [-0.1, -0.05) is 54.6 Å². The molecule has 9 heteroatoms. The summed E-state index contributed by atoms with van der Waals surface area (Å²) in [7, 11) is 2.42. The van der Waals surface area contributed by atoms with Gasteiger partial charge in [-0.05, 0) is 29.8 Å². The summed E-state index contributed by atoms with van der Waals surface area (Å²) < 4.78 is 10.2. The molecule has 0 fully saturated rings. The van der Waals surface area contributed by atoms with Crippen molar-refractivity contribution in [3.8, 4) is 17.3 Å². The Bertz CT molecular complexity index is 1710. The molecule has 1 atom stereocenters. The zero-order valence-electron chi connectivity index (χ0n) is 21.2. The minimum atomic E-state index is -0.941. The molecule has 2 N–H and O–H groups in total. The van der Waals surface area contributed by atoms with Gasteiger partial charge in [0.1, 0.15) is 11.5 Å². The Morgan fingerprint density at radius 2 is 1.62 bits per heavy atom. The van der Waals surface area contributed by atoms with Crippen molar-refractivity contribution in [2.24, 2.45) is 5.73 Å². The summed E-state index contributed by atoms with van der Waals surface area (Å²) in [4.78, 5) is 37.1. The maximum absolute atomic E-state index is 13.3. The van der Waals surface area contributed by atoms with E-state index in [4.69, 9.17) is 20.2 Å². The lowest BCUT2D eigenvalue weighted by Crippen LogP contribution is -2.40. The van der Waals surface area contributed by atoms with E-state index in [2.05, 4.69) is 11.1 Å². The fraction of sp³-hybridized carbons (Fsp3) is 0.100. The molecule has 0 saturated carbocycles. The van der Waals surface area contributed by atoms with Gasteiger partial charge in [0.25, 0.3) is 0 Å². The first-order valence-electron chi connectivity index (χ1n) is 12.0. The molecule has 0 aliphatic carbocycles. The summed E-state index contributed by atoms with van der Waals surface area (Å²) in [5, 5.41) is 10.2. The fourth-order valence-electron chi connectivity index (χ4n) is 4.68. The highest BCUT2D eigenvalue weighted by Crippen LogP contribution is 2.43. The summed E-state index contributed by atoms with van der Waals surface area (Å²) in [5.41, 5.74) is 10.3. The summed E-state index contributed by atoms with van der Waals surface area (Å²) in [5.74, 6) is -2.55. The number of rotatable bonds is 5. The Morgan fingerprint density at radius 1 is 0.923 bits per heavy atom. The number of aromatic nitrogens is 2. The number of allylic oxidation sites excluding steroid dienone is 1. The predicted octanol–water partition coefficient (Wildman–Crippen LogP) is 4.19. The number of esters is 2. The molecule has 2 heterocycles. The minimum Gasteiger partial charge on any atom is -0.466 e. The molecular weight excluding hydrogens is 494 g/mol. The fourth-order valence-corrected chi connectivity index (χ4v) is 4.68. The molecule has 3 aromatic carbocycles. The molecular formula is C30H23N5O4. The van der Waals surface area contributed by atoms with E-state index in [1.165, 1.54) is 19.1 Å². The van der Waals surface area contributed by atoms with Crippen molar-refractivity contribution in [1.29, 1.82) is 5.26 Å². The normalized spacial score (nSPS) is 15.2. The van der Waals surface area contributed by atoms with Gasteiger partial charge in [-0.2, -0.15) is 5.26 Å². The second-order valence-corrected chi connectivity index (χ2v) is 8.63. The number of carbonyl (C=O) groups excluding carboxylic acids is 2. The first-order chi connectivity index (χ1) is 19.0. The average Bonchev–Trinajstić information content (AvgIpc) is 2.99. The molecule has 39 heavy (non-hydrogen) atoms. The molecule has 0 radical (unpaired) electrons. The topological polar surface area (TPSA) is 131 Å². The van der Waals surface area contributed by atoms with Crippen LogP contribution < -0.4 is 10.6 Å². The van der Waals surface area contributed by atoms with E-state index < -0.39 is 17.9 Å². The maximum atomic E-state index is 13.3. The van der Waals surface area contributed by atoms with E-state index in [1.54, 1.807) is 48.7 Å². The van der Waals surface area contributed by atoms with Crippen molar-refractivity contribution in [2.75, 3.05) is 19.1 Å². The Kier molecular flexibility index (Phi) is 6.76. The molecule has 1 aromatic heterocycles. The minimum absolute atomic E-state index is 0.0128. The third-order valence-corrected chi connectivity index (χ3v) is 6.46. The van der Waals surface area contributed by atoms with Crippen LogP contribution in [0.2, 0.25) is 0 Å². The van der Waals surface area contributed by atoms with Gasteiger partial charge in [0.2, 0.25) is 0 Å². The van der Waals surface area contributed by atoms with Crippen LogP contribution in [0.5, 0.6) is 0 Å². The highest BCUT2D eigenvalue weighted by Gasteiger charge is 2.43. The van der Waals surface area contributed by atoms with Gasteiger partial charge in [-0.15, -0.1) is 0 Å². The number of fused-ring (bicyclic) bond motifs is 1. The van der Waals surface area contributed by atoms with Crippen LogP contribution in [0.25, 0.3) is 22.3 Å². The lowest BCUT2D eigenvalue weighted by Gasteiger charge is -2.36. The van der Waals surface area contributed by atoms with Crippen LogP contribution in [0.1, 0.15) is 11.5 Å². The molecule has 4 aromatic rings. The number of para-hydroxylation sites is 2. The summed E-state index contributed by atoms with van der Waals surface area (Å²) in [6.45, 7) is 0. The third-order valence-electron chi connectivity index (χ3n) is 6.46. The lowest BCUT2D eigenvalue weighted by atomic mass is 9.81. The van der Waals surface area contributed by atoms with Crippen LogP contribution in [0, 0.1) is 11.3 Å². The lowest BCUT2D eigenvalue weighted by molar-refractivity contribution is -0.139. The number of anilines is 1. The standard InChI is InChI=1S/C30H23N5O4/c1-38-29(36)26-25(18-9-4-3-5-10-18)21(16-31)28(32)35(27(26)30(37)39-2)20-12-8-11-19(15-20)24-17-33-22-13-6-7-14-23(22)34-24/h3-15,17,25H,32H2,1-2H3. The number of benzene rings is 3. The third kappa shape index (κ3) is 4.45. The highest BCUT2D eigenvalue weighted by atomic mass is 16.5. The van der Waals surface area contributed by atoms with E-state index in [1.807, 2.05) is 36.4 Å². The number of methoxy groups -OCH3 is 2. The van der Waals surface area contributed by atoms with Gasteiger partial charge in [0.15, 0.2) is 0 Å². The molecule has 192 valence electrons. The smallest absolute Gasteiger partial charge is 0.355 e. The molecule has 1 aliphatic heterocycles. The number of nitrogens with zero attached hydrogens (tertiary/aromatic N) is 4. The Morgan fingerprint density at radius 3 is 2.31 bits per heavy atom. The van der Waals surface area contributed by atoms with Gasteiger partial charge < -0.3 is 15.2 Å². The molecule has 0 spiro atoms. The van der Waals surface area contributed by atoms with E-state index in [9.17, 15) is 14.9 Å². The molecule has 0 saturated heterocycles. The van der Waals surface area contributed by atoms with Gasteiger partial charge >= 0.3 is 11.9 Å². The van der Waals surface area contributed by atoms with Crippen molar-refractivity contribution in [3.63, 3.8) is 0 Å². The zero-order valence-corrected chi connectivity index (χ0v) is 21.2. The molecule has 5 rings (SSSR count). The van der Waals surface area contributed by atoms with Crippen molar-refractivity contribution < 1.29 is 19.1 Å². The van der Waals surface area contributed by atoms with Crippen LogP contribution in [-0.2, 0) is 19.1 Å². The largest absolute Gasteiger partial charge is 0.466 e. The molecule has 0 amide bonds. The monoisotopic (exact) mass is 517 g/mol. The molecule has 1 unspecified atom stereocenters. The van der Waals surface area contributed by atoms with E-state index in [0.717, 1.165) is 11.0 Å². The Balaban J connectivity index is 1.74. The number of carbonyl (C=O) groups is 2. The SMILES string of the molecule is COC(=O)C1=C(C(=O)OC)N(c2cccc(-c3cnc4ccccc4n3)c2)C(N)=C(C#N)C1c1ccccc1. The first kappa shape index (κ1) is 25.2. The highest BCUT2D eigenvalue weighted by molar-refractivity contribution is 6.06.